The molecule has 2 aliphatic rings. The molecule has 6 heteroatoms. The first-order valence-electron chi connectivity index (χ1n) is 5.32. The SMILES string of the molecule is N#Cc1cc2c(O)c([N+](=O)[O-])c1-c1cc(O)cc-2c1. The molecule has 0 atom stereocenters. The largest absolute Gasteiger partial charge is 0.508 e. The average Bonchev–Trinajstić information content (AvgIpc) is 2.51. The Balaban J connectivity index is 2.57. The fraction of sp³-hybridized carbons (Fsp3) is 0. The van der Waals surface area contributed by atoms with Gasteiger partial charge in [0.25, 0.3) is 0 Å². The van der Waals surface area contributed by atoms with Crippen LogP contribution in [0.5, 0.6) is 11.5 Å². The summed E-state index contributed by atoms with van der Waals surface area (Å²) in [6.07, 6.45) is 0. The number of hydrogen-bond acceptors (Lipinski definition) is 5. The lowest BCUT2D eigenvalue weighted by molar-refractivity contribution is -0.385. The molecular weight excluding hydrogens is 248 g/mol. The summed E-state index contributed by atoms with van der Waals surface area (Å²) < 4.78 is 0. The molecule has 6 nitrogen and oxygen atoms in total. The van der Waals surface area contributed by atoms with Crippen LogP contribution in [0.1, 0.15) is 5.56 Å². The van der Waals surface area contributed by atoms with Crippen LogP contribution in [0.25, 0.3) is 22.3 Å². The van der Waals surface area contributed by atoms with E-state index < -0.39 is 16.4 Å². The number of rotatable bonds is 1. The van der Waals surface area contributed by atoms with Gasteiger partial charge in [-0.2, -0.15) is 5.26 Å². The van der Waals surface area contributed by atoms with Gasteiger partial charge in [0.2, 0.25) is 5.75 Å². The lowest BCUT2D eigenvalue weighted by atomic mass is 9.99. The average molecular weight is 254 g/mol. The number of nitriles is 1. The third-order valence-electron chi connectivity index (χ3n) is 3.09. The first kappa shape index (κ1) is 11.0. The highest BCUT2D eigenvalue weighted by Gasteiger charge is 2.31. The number of phenolic OH excluding ortho intramolecular Hbond substituents is 2. The van der Waals surface area contributed by atoms with Crippen molar-refractivity contribution in [2.24, 2.45) is 0 Å². The van der Waals surface area contributed by atoms with E-state index in [0.29, 0.717) is 11.1 Å². The number of fused-ring (bicyclic) bond motifs is 2. The molecule has 0 heterocycles. The van der Waals surface area contributed by atoms with Crippen molar-refractivity contribution in [2.45, 2.75) is 0 Å². The molecular formula is C13H6N2O4. The van der Waals surface area contributed by atoms with E-state index in [0.717, 1.165) is 0 Å². The molecule has 0 aromatic heterocycles. The van der Waals surface area contributed by atoms with Crippen molar-refractivity contribution in [1.82, 2.24) is 0 Å². The summed E-state index contributed by atoms with van der Waals surface area (Å²) >= 11 is 0. The van der Waals surface area contributed by atoms with E-state index in [2.05, 4.69) is 0 Å². The molecule has 0 radical (unpaired) electrons. The van der Waals surface area contributed by atoms with E-state index in [4.69, 9.17) is 5.26 Å². The van der Waals surface area contributed by atoms with Gasteiger partial charge in [-0.25, -0.2) is 0 Å². The van der Waals surface area contributed by atoms with E-state index in [-0.39, 0.29) is 22.4 Å². The number of nitro groups is 1. The molecule has 0 aliphatic heterocycles. The third kappa shape index (κ3) is 1.35. The quantitative estimate of drug-likeness (QED) is 0.512. The molecule has 0 saturated carbocycles. The zero-order valence-corrected chi connectivity index (χ0v) is 9.41. The molecule has 4 bridgehead atoms. The first-order valence-corrected chi connectivity index (χ1v) is 5.32. The Morgan fingerprint density at radius 1 is 1.16 bits per heavy atom. The highest BCUT2D eigenvalue weighted by Crippen LogP contribution is 2.50. The maximum Gasteiger partial charge on any atom is 0.320 e. The molecule has 2 aromatic carbocycles. The van der Waals surface area contributed by atoms with Crippen molar-refractivity contribution in [1.29, 1.82) is 5.26 Å². The normalized spacial score (nSPS) is 10.9. The zero-order chi connectivity index (χ0) is 13.7. The smallest absolute Gasteiger partial charge is 0.320 e. The van der Waals surface area contributed by atoms with Crippen molar-refractivity contribution in [3.8, 4) is 39.8 Å². The van der Waals surface area contributed by atoms with Gasteiger partial charge in [-0.15, -0.1) is 0 Å². The van der Waals surface area contributed by atoms with Crippen LogP contribution in [0.4, 0.5) is 5.69 Å². The van der Waals surface area contributed by atoms with Crippen LogP contribution in [0.15, 0.2) is 24.3 Å². The number of phenols is 2. The third-order valence-corrected chi connectivity index (χ3v) is 3.09. The Hall–Kier alpha value is -3.07. The molecule has 2 aliphatic carbocycles. The predicted molar refractivity (Wildman–Crippen MR) is 65.6 cm³/mol. The van der Waals surface area contributed by atoms with E-state index >= 15 is 0 Å². The minimum Gasteiger partial charge on any atom is -0.508 e. The molecule has 0 amide bonds. The second kappa shape index (κ2) is 3.46. The molecule has 92 valence electrons. The van der Waals surface area contributed by atoms with Gasteiger partial charge in [-0.3, -0.25) is 10.1 Å². The van der Waals surface area contributed by atoms with Crippen molar-refractivity contribution < 1.29 is 15.1 Å². The number of benzene rings is 2. The summed E-state index contributed by atoms with van der Waals surface area (Å²) in [5.41, 5.74) is 0.570. The number of nitrogens with zero attached hydrogens (tertiary/aromatic N) is 2. The second-order valence-electron chi connectivity index (χ2n) is 4.18. The summed E-state index contributed by atoms with van der Waals surface area (Å²) in [5.74, 6) is -0.563. The van der Waals surface area contributed by atoms with Gasteiger partial charge in [0, 0.05) is 5.56 Å². The number of aromatic hydroxyl groups is 2. The van der Waals surface area contributed by atoms with Crippen molar-refractivity contribution in [3.05, 3.63) is 39.9 Å². The van der Waals surface area contributed by atoms with E-state index in [1.807, 2.05) is 6.07 Å². The summed E-state index contributed by atoms with van der Waals surface area (Å²) in [5, 5.41) is 39.8. The summed E-state index contributed by atoms with van der Waals surface area (Å²) in [4.78, 5) is 10.4. The fourth-order valence-corrected chi connectivity index (χ4v) is 2.35. The van der Waals surface area contributed by atoms with Crippen LogP contribution in [-0.4, -0.2) is 15.1 Å². The van der Waals surface area contributed by atoms with Gasteiger partial charge in [0.05, 0.1) is 16.1 Å². The maximum atomic E-state index is 11.1. The minimum atomic E-state index is -0.720. The molecule has 2 N–H and O–H groups in total. The first-order chi connectivity index (χ1) is 9.02. The highest BCUT2D eigenvalue weighted by atomic mass is 16.6. The maximum absolute atomic E-state index is 11.1. The Morgan fingerprint density at radius 3 is 2.47 bits per heavy atom. The standard InChI is InChI=1S/C13H6N2O4/c14-5-8-4-10-6-1-7(3-9(16)2-6)11(8)12(13(10)17)15(18)19/h1-4,16-17H. The van der Waals surface area contributed by atoms with Crippen LogP contribution >= 0.6 is 0 Å². The Morgan fingerprint density at radius 2 is 1.84 bits per heavy atom. The number of hydrogen-bond donors (Lipinski definition) is 2. The topological polar surface area (TPSA) is 107 Å². The predicted octanol–water partition coefficient (Wildman–Crippen LogP) is 2.53. The molecule has 0 saturated heterocycles. The molecule has 0 spiro atoms. The Kier molecular flexibility index (Phi) is 2.01. The lowest BCUT2D eigenvalue weighted by Gasteiger charge is -2.05. The van der Waals surface area contributed by atoms with E-state index in [9.17, 15) is 20.3 Å². The molecule has 0 fully saturated rings. The molecule has 4 rings (SSSR count). The van der Waals surface area contributed by atoms with Gasteiger partial charge in [-0.1, -0.05) is 0 Å². The van der Waals surface area contributed by atoms with E-state index in [1.54, 1.807) is 6.07 Å². The van der Waals surface area contributed by atoms with Gasteiger partial charge < -0.3 is 10.2 Å². The summed E-state index contributed by atoms with van der Waals surface area (Å²) in [6, 6.07) is 7.58. The summed E-state index contributed by atoms with van der Waals surface area (Å²) in [6.45, 7) is 0. The molecule has 19 heavy (non-hydrogen) atoms. The van der Waals surface area contributed by atoms with Crippen LogP contribution < -0.4 is 0 Å². The zero-order valence-electron chi connectivity index (χ0n) is 9.41. The van der Waals surface area contributed by atoms with Gasteiger partial charge in [0.15, 0.2) is 0 Å². The van der Waals surface area contributed by atoms with Crippen LogP contribution in [-0.2, 0) is 0 Å². The molecule has 0 unspecified atom stereocenters. The lowest BCUT2D eigenvalue weighted by Crippen LogP contribution is -1.95. The van der Waals surface area contributed by atoms with Crippen molar-refractivity contribution >= 4 is 5.69 Å². The Labute approximate surface area is 106 Å². The van der Waals surface area contributed by atoms with Gasteiger partial charge in [-0.05, 0) is 35.4 Å². The van der Waals surface area contributed by atoms with Crippen molar-refractivity contribution in [2.75, 3.05) is 0 Å². The number of nitro benzene ring substituents is 1. The highest BCUT2D eigenvalue weighted by molar-refractivity contribution is 5.95. The monoisotopic (exact) mass is 254 g/mol. The Bertz CT molecular complexity index is 790. The second-order valence-corrected chi connectivity index (χ2v) is 4.18. The van der Waals surface area contributed by atoms with Crippen LogP contribution in [0, 0.1) is 21.4 Å². The van der Waals surface area contributed by atoms with Crippen molar-refractivity contribution in [3.63, 3.8) is 0 Å². The van der Waals surface area contributed by atoms with Gasteiger partial charge in [0.1, 0.15) is 11.8 Å². The fourth-order valence-electron chi connectivity index (χ4n) is 2.35. The van der Waals surface area contributed by atoms with E-state index in [1.165, 1.54) is 18.2 Å². The van der Waals surface area contributed by atoms with Gasteiger partial charge >= 0.3 is 5.69 Å². The van der Waals surface area contributed by atoms with Crippen LogP contribution in [0.2, 0.25) is 0 Å². The molecule has 2 aromatic rings. The summed E-state index contributed by atoms with van der Waals surface area (Å²) in [7, 11) is 0. The van der Waals surface area contributed by atoms with Crippen LogP contribution in [0.3, 0.4) is 0 Å². The minimum absolute atomic E-state index is 0.0309.